The summed E-state index contributed by atoms with van der Waals surface area (Å²) < 4.78 is 0.673. The minimum atomic E-state index is -0.913. The maximum absolute atomic E-state index is 11.6. The molecular formula is C12H17ClN2O3S. The van der Waals surface area contributed by atoms with Crippen molar-refractivity contribution < 1.29 is 14.7 Å². The summed E-state index contributed by atoms with van der Waals surface area (Å²) in [6.45, 7) is 2.33. The second-order valence-corrected chi connectivity index (χ2v) is 5.92. The lowest BCUT2D eigenvalue weighted by Gasteiger charge is -2.16. The lowest BCUT2D eigenvalue weighted by molar-refractivity contribution is -0.137. The first-order chi connectivity index (χ1) is 9.01. The van der Waals surface area contributed by atoms with Crippen LogP contribution in [-0.4, -0.2) is 23.1 Å². The number of carbonyl (C=O) groups is 2. The average molecular weight is 305 g/mol. The van der Waals surface area contributed by atoms with E-state index >= 15 is 0 Å². The predicted octanol–water partition coefficient (Wildman–Crippen LogP) is 2.84. The van der Waals surface area contributed by atoms with Gasteiger partial charge in [0.1, 0.15) is 0 Å². The molecule has 2 amide bonds. The largest absolute Gasteiger partial charge is 0.481 e. The lowest BCUT2D eigenvalue weighted by atomic mass is 10.1. The first-order valence-electron chi connectivity index (χ1n) is 6.01. The fourth-order valence-corrected chi connectivity index (χ4v) is 2.66. The van der Waals surface area contributed by atoms with Gasteiger partial charge in [-0.2, -0.15) is 0 Å². The summed E-state index contributed by atoms with van der Waals surface area (Å²) in [6.07, 6.45) is 1.40. The van der Waals surface area contributed by atoms with E-state index in [0.717, 1.165) is 11.3 Å². The van der Waals surface area contributed by atoms with Gasteiger partial charge in [-0.05, 0) is 18.6 Å². The number of rotatable bonds is 7. The van der Waals surface area contributed by atoms with Crippen LogP contribution in [0.15, 0.2) is 12.1 Å². The highest BCUT2D eigenvalue weighted by Gasteiger charge is 2.14. The van der Waals surface area contributed by atoms with Gasteiger partial charge in [-0.15, -0.1) is 11.3 Å². The van der Waals surface area contributed by atoms with E-state index in [2.05, 4.69) is 10.6 Å². The molecule has 0 aliphatic rings. The first-order valence-corrected chi connectivity index (χ1v) is 7.21. The number of nitrogens with one attached hydrogen (secondary N) is 2. The highest BCUT2D eigenvalue weighted by molar-refractivity contribution is 7.16. The Bertz CT molecular complexity index is 436. The van der Waals surface area contributed by atoms with Crippen molar-refractivity contribution in [1.29, 1.82) is 0 Å². The van der Waals surface area contributed by atoms with E-state index in [1.165, 1.54) is 11.3 Å². The fraction of sp³-hybridized carbons (Fsp3) is 0.500. The summed E-state index contributed by atoms with van der Waals surface area (Å²) in [5.74, 6) is -0.913. The van der Waals surface area contributed by atoms with E-state index in [-0.39, 0.29) is 18.5 Å². The molecule has 1 rings (SSSR count). The molecule has 1 aromatic heterocycles. The highest BCUT2D eigenvalue weighted by Crippen LogP contribution is 2.20. The molecule has 0 aliphatic carbocycles. The Labute approximate surface area is 121 Å². The summed E-state index contributed by atoms with van der Waals surface area (Å²) >= 11 is 7.18. The maximum atomic E-state index is 11.6. The van der Waals surface area contributed by atoms with Gasteiger partial charge in [-0.1, -0.05) is 24.9 Å². The van der Waals surface area contributed by atoms with Crippen LogP contribution < -0.4 is 10.6 Å². The average Bonchev–Trinajstić information content (AvgIpc) is 2.72. The fourth-order valence-electron chi connectivity index (χ4n) is 1.64. The van der Waals surface area contributed by atoms with Gasteiger partial charge in [-0.3, -0.25) is 4.79 Å². The molecule has 106 valence electrons. The zero-order valence-corrected chi connectivity index (χ0v) is 12.2. The number of carboxylic acid groups (broad SMARTS) is 1. The zero-order valence-electron chi connectivity index (χ0n) is 10.6. The normalized spacial score (nSPS) is 11.9. The van der Waals surface area contributed by atoms with Gasteiger partial charge in [0.25, 0.3) is 0 Å². The Balaban J connectivity index is 2.37. The molecule has 0 aromatic carbocycles. The molecule has 1 atom stereocenters. The number of aliphatic carboxylic acids is 1. The van der Waals surface area contributed by atoms with E-state index in [1.54, 1.807) is 6.07 Å². The van der Waals surface area contributed by atoms with Crippen LogP contribution in [0.25, 0.3) is 0 Å². The molecule has 0 aliphatic heterocycles. The van der Waals surface area contributed by atoms with Crippen LogP contribution in [0.5, 0.6) is 0 Å². The second-order valence-electron chi connectivity index (χ2n) is 4.12. The number of amides is 2. The standard InChI is InChI=1S/C12H17ClN2O3S/c1-2-3-8(6-11(16)17)15-12(18)14-7-9-4-5-10(13)19-9/h4-5,8H,2-3,6-7H2,1H3,(H,16,17)(H2,14,15,18). The van der Waals surface area contributed by atoms with Crippen molar-refractivity contribution in [3.63, 3.8) is 0 Å². The van der Waals surface area contributed by atoms with Crippen molar-refractivity contribution >= 4 is 34.9 Å². The molecule has 0 saturated heterocycles. The van der Waals surface area contributed by atoms with Crippen molar-refractivity contribution in [2.24, 2.45) is 0 Å². The van der Waals surface area contributed by atoms with E-state index < -0.39 is 5.97 Å². The summed E-state index contributed by atoms with van der Waals surface area (Å²) in [5.41, 5.74) is 0. The molecule has 1 heterocycles. The Kier molecular flexibility index (Phi) is 6.66. The molecule has 1 unspecified atom stereocenters. The predicted molar refractivity (Wildman–Crippen MR) is 75.6 cm³/mol. The number of carbonyl (C=O) groups excluding carboxylic acids is 1. The van der Waals surface area contributed by atoms with Gasteiger partial charge in [0.15, 0.2) is 0 Å². The number of urea groups is 1. The zero-order chi connectivity index (χ0) is 14.3. The smallest absolute Gasteiger partial charge is 0.315 e. The van der Waals surface area contributed by atoms with Crippen LogP contribution in [-0.2, 0) is 11.3 Å². The highest BCUT2D eigenvalue weighted by atomic mass is 35.5. The van der Waals surface area contributed by atoms with Crippen LogP contribution in [0.4, 0.5) is 4.79 Å². The van der Waals surface area contributed by atoms with Crippen LogP contribution in [0, 0.1) is 0 Å². The second kappa shape index (κ2) is 8.01. The molecule has 0 spiro atoms. The summed E-state index contributed by atoms with van der Waals surface area (Å²) in [4.78, 5) is 23.3. The third kappa shape index (κ3) is 6.45. The summed E-state index contributed by atoms with van der Waals surface area (Å²) in [6, 6.07) is 2.91. The van der Waals surface area contributed by atoms with Crippen LogP contribution in [0.1, 0.15) is 31.1 Å². The van der Waals surface area contributed by atoms with E-state index in [0.29, 0.717) is 17.3 Å². The molecule has 0 saturated carbocycles. The first kappa shape index (κ1) is 15.8. The molecule has 0 fully saturated rings. The van der Waals surface area contributed by atoms with Gasteiger partial charge in [0.05, 0.1) is 17.3 Å². The number of thiophene rings is 1. The Morgan fingerprint density at radius 2 is 2.21 bits per heavy atom. The molecule has 3 N–H and O–H groups in total. The quantitative estimate of drug-likeness (QED) is 0.725. The third-order valence-electron chi connectivity index (χ3n) is 2.45. The van der Waals surface area contributed by atoms with Crippen molar-refractivity contribution in [1.82, 2.24) is 10.6 Å². The maximum Gasteiger partial charge on any atom is 0.315 e. The van der Waals surface area contributed by atoms with Gasteiger partial charge in [0, 0.05) is 10.9 Å². The molecule has 1 aromatic rings. The van der Waals surface area contributed by atoms with Crippen molar-refractivity contribution in [2.45, 2.75) is 38.8 Å². The Hall–Kier alpha value is -1.27. The molecular weight excluding hydrogens is 288 g/mol. The number of hydrogen-bond acceptors (Lipinski definition) is 3. The summed E-state index contributed by atoms with van der Waals surface area (Å²) in [5, 5.41) is 14.1. The molecule has 7 heteroatoms. The van der Waals surface area contributed by atoms with Gasteiger partial charge >= 0.3 is 12.0 Å². The van der Waals surface area contributed by atoms with E-state index in [4.69, 9.17) is 16.7 Å². The van der Waals surface area contributed by atoms with Crippen molar-refractivity contribution in [3.05, 3.63) is 21.3 Å². The van der Waals surface area contributed by atoms with Crippen LogP contribution in [0.2, 0.25) is 4.34 Å². The number of carboxylic acids is 1. The van der Waals surface area contributed by atoms with Crippen molar-refractivity contribution in [3.8, 4) is 0 Å². The molecule has 5 nitrogen and oxygen atoms in total. The molecule has 0 radical (unpaired) electrons. The van der Waals surface area contributed by atoms with E-state index in [9.17, 15) is 9.59 Å². The third-order valence-corrected chi connectivity index (χ3v) is 3.68. The van der Waals surface area contributed by atoms with Crippen LogP contribution >= 0.6 is 22.9 Å². The van der Waals surface area contributed by atoms with E-state index in [1.807, 2.05) is 13.0 Å². The monoisotopic (exact) mass is 304 g/mol. The Morgan fingerprint density at radius 1 is 1.47 bits per heavy atom. The SMILES string of the molecule is CCCC(CC(=O)O)NC(=O)NCc1ccc(Cl)s1. The minimum absolute atomic E-state index is 0.0634. The van der Waals surface area contributed by atoms with Gasteiger partial charge < -0.3 is 15.7 Å². The van der Waals surface area contributed by atoms with Gasteiger partial charge in [0.2, 0.25) is 0 Å². The van der Waals surface area contributed by atoms with Crippen molar-refractivity contribution in [2.75, 3.05) is 0 Å². The minimum Gasteiger partial charge on any atom is -0.481 e. The number of hydrogen-bond donors (Lipinski definition) is 3. The Morgan fingerprint density at radius 3 is 2.74 bits per heavy atom. The van der Waals surface area contributed by atoms with Gasteiger partial charge in [-0.25, -0.2) is 4.79 Å². The molecule has 0 bridgehead atoms. The van der Waals surface area contributed by atoms with Crippen LogP contribution in [0.3, 0.4) is 0 Å². The number of halogens is 1. The summed E-state index contributed by atoms with van der Waals surface area (Å²) in [7, 11) is 0. The lowest BCUT2D eigenvalue weighted by Crippen LogP contribution is -2.42. The topological polar surface area (TPSA) is 78.4 Å². The molecule has 19 heavy (non-hydrogen) atoms.